The smallest absolute Gasteiger partial charge is 0.223 e. The summed E-state index contributed by atoms with van der Waals surface area (Å²) >= 11 is 0. The molecule has 1 fully saturated rings. The van der Waals surface area contributed by atoms with Crippen molar-refractivity contribution in [2.24, 2.45) is 0 Å². The van der Waals surface area contributed by atoms with Crippen LogP contribution in [0.25, 0.3) is 0 Å². The second-order valence-electron chi connectivity index (χ2n) is 4.40. The third-order valence-corrected chi connectivity index (χ3v) is 3.51. The molecule has 0 saturated carbocycles. The molecule has 3 heterocycles. The maximum Gasteiger partial charge on any atom is 0.223 e. The quantitative estimate of drug-likeness (QED) is 0.651. The van der Waals surface area contributed by atoms with Crippen LogP contribution >= 0.6 is 0 Å². The first-order chi connectivity index (χ1) is 7.36. The maximum absolute atomic E-state index is 11.8. The highest BCUT2D eigenvalue weighted by atomic mass is 16.3. The molecule has 1 saturated heterocycles. The lowest BCUT2D eigenvalue weighted by Crippen LogP contribution is -2.37. The van der Waals surface area contributed by atoms with Gasteiger partial charge < -0.3 is 9.32 Å². The minimum absolute atomic E-state index is 0.294. The fourth-order valence-electron chi connectivity index (χ4n) is 2.78. The van der Waals surface area contributed by atoms with Crippen molar-refractivity contribution < 1.29 is 9.21 Å². The lowest BCUT2D eigenvalue weighted by molar-refractivity contribution is -0.136. The highest BCUT2D eigenvalue weighted by Gasteiger charge is 2.33. The van der Waals surface area contributed by atoms with E-state index in [0.717, 1.165) is 44.4 Å². The Bertz CT molecular complexity index is 383. The van der Waals surface area contributed by atoms with Crippen LogP contribution in [0.5, 0.6) is 0 Å². The van der Waals surface area contributed by atoms with Gasteiger partial charge in [0.05, 0.1) is 12.3 Å². The third-order valence-electron chi connectivity index (χ3n) is 3.51. The number of fused-ring (bicyclic) bond motifs is 3. The summed E-state index contributed by atoms with van der Waals surface area (Å²) in [6, 6.07) is 2.33. The van der Waals surface area contributed by atoms with Crippen LogP contribution < -0.4 is 0 Å². The summed E-state index contributed by atoms with van der Waals surface area (Å²) in [6.45, 7) is 0.897. The van der Waals surface area contributed by atoms with Crippen molar-refractivity contribution in [3.8, 4) is 0 Å². The average molecular weight is 205 g/mol. The molecule has 2 aliphatic heterocycles. The normalized spacial score (nSPS) is 25.7. The van der Waals surface area contributed by atoms with Gasteiger partial charge in [-0.25, -0.2) is 0 Å². The third kappa shape index (κ3) is 1.37. The number of piperidine rings is 1. The van der Waals surface area contributed by atoms with Crippen LogP contribution in [-0.4, -0.2) is 17.4 Å². The fourth-order valence-corrected chi connectivity index (χ4v) is 2.78. The molecule has 3 heteroatoms. The number of hydrogen-bond acceptors (Lipinski definition) is 2. The van der Waals surface area contributed by atoms with Crippen LogP contribution in [-0.2, 0) is 11.2 Å². The molecule has 0 aliphatic carbocycles. The van der Waals surface area contributed by atoms with E-state index in [1.165, 1.54) is 5.56 Å². The van der Waals surface area contributed by atoms with Gasteiger partial charge in [-0.2, -0.15) is 0 Å². The van der Waals surface area contributed by atoms with E-state index in [2.05, 4.69) is 0 Å². The second-order valence-corrected chi connectivity index (χ2v) is 4.40. The van der Waals surface area contributed by atoms with Crippen molar-refractivity contribution in [3.63, 3.8) is 0 Å². The van der Waals surface area contributed by atoms with Crippen LogP contribution in [0.2, 0.25) is 0 Å². The van der Waals surface area contributed by atoms with Crippen LogP contribution in [0.1, 0.15) is 43.0 Å². The van der Waals surface area contributed by atoms with E-state index < -0.39 is 0 Å². The standard InChI is InChI=1S/C12H15NO2/c14-12-5-1-3-10-9-6-8-15-11(9)4-2-7-13(10)12/h6,8,10H,1-5,7H2. The highest BCUT2D eigenvalue weighted by Crippen LogP contribution is 2.36. The summed E-state index contributed by atoms with van der Waals surface area (Å²) in [5.74, 6) is 1.41. The van der Waals surface area contributed by atoms with E-state index in [-0.39, 0.29) is 0 Å². The van der Waals surface area contributed by atoms with Crippen LogP contribution in [0.3, 0.4) is 0 Å². The molecule has 3 nitrogen and oxygen atoms in total. The first-order valence-corrected chi connectivity index (χ1v) is 5.72. The summed E-state index contributed by atoms with van der Waals surface area (Å²) in [5, 5.41) is 0. The number of rotatable bonds is 0. The number of aryl methyl sites for hydroxylation is 1. The number of carbonyl (C=O) groups is 1. The van der Waals surface area contributed by atoms with E-state index in [0.29, 0.717) is 11.9 Å². The predicted molar refractivity (Wildman–Crippen MR) is 55.3 cm³/mol. The number of furan rings is 1. The van der Waals surface area contributed by atoms with Gasteiger partial charge in [-0.15, -0.1) is 0 Å². The zero-order valence-electron chi connectivity index (χ0n) is 8.74. The van der Waals surface area contributed by atoms with Gasteiger partial charge in [0.1, 0.15) is 5.76 Å². The predicted octanol–water partition coefficient (Wildman–Crippen LogP) is 2.28. The van der Waals surface area contributed by atoms with Crippen LogP contribution in [0, 0.1) is 0 Å². The molecule has 15 heavy (non-hydrogen) atoms. The zero-order chi connectivity index (χ0) is 10.3. The van der Waals surface area contributed by atoms with Crippen molar-refractivity contribution >= 4 is 5.91 Å². The van der Waals surface area contributed by atoms with E-state index >= 15 is 0 Å². The molecular weight excluding hydrogens is 190 g/mol. The minimum Gasteiger partial charge on any atom is -0.469 e. The van der Waals surface area contributed by atoms with Crippen LogP contribution in [0.15, 0.2) is 16.7 Å². The highest BCUT2D eigenvalue weighted by molar-refractivity contribution is 5.77. The molecule has 0 aromatic carbocycles. The Labute approximate surface area is 89.1 Å². The van der Waals surface area contributed by atoms with E-state index in [9.17, 15) is 4.79 Å². The van der Waals surface area contributed by atoms with Gasteiger partial charge in [0.15, 0.2) is 0 Å². The van der Waals surface area contributed by atoms with Crippen molar-refractivity contribution in [2.45, 2.75) is 38.1 Å². The average Bonchev–Trinajstić information content (AvgIpc) is 2.62. The van der Waals surface area contributed by atoms with Crippen molar-refractivity contribution in [1.82, 2.24) is 4.90 Å². The summed E-state index contributed by atoms with van der Waals surface area (Å²) in [4.78, 5) is 13.9. The molecule has 1 aromatic heterocycles. The first kappa shape index (κ1) is 9.01. The van der Waals surface area contributed by atoms with Gasteiger partial charge >= 0.3 is 0 Å². The number of carbonyl (C=O) groups excluding carboxylic acids is 1. The molecule has 0 N–H and O–H groups in total. The SMILES string of the molecule is O=C1CCCC2c3ccoc3CCCN12. The molecular formula is C12H15NO2. The van der Waals surface area contributed by atoms with Gasteiger partial charge in [0, 0.05) is 24.9 Å². The van der Waals surface area contributed by atoms with E-state index in [1.807, 2.05) is 11.0 Å². The van der Waals surface area contributed by atoms with Crippen molar-refractivity contribution in [1.29, 1.82) is 0 Å². The summed E-state index contributed by atoms with van der Waals surface area (Å²) in [7, 11) is 0. The number of nitrogens with zero attached hydrogens (tertiary/aromatic N) is 1. The van der Waals surface area contributed by atoms with Crippen molar-refractivity contribution in [3.05, 3.63) is 23.7 Å². The second kappa shape index (κ2) is 3.40. The molecule has 0 radical (unpaired) electrons. The van der Waals surface area contributed by atoms with Crippen molar-refractivity contribution in [2.75, 3.05) is 6.54 Å². The first-order valence-electron chi connectivity index (χ1n) is 5.72. The van der Waals surface area contributed by atoms with Crippen LogP contribution in [0.4, 0.5) is 0 Å². The summed E-state index contributed by atoms with van der Waals surface area (Å²) in [5.41, 5.74) is 1.25. The molecule has 1 amide bonds. The summed E-state index contributed by atoms with van der Waals surface area (Å²) in [6.07, 6.45) is 6.60. The van der Waals surface area contributed by atoms with E-state index in [4.69, 9.17) is 4.42 Å². The molecule has 0 bridgehead atoms. The lowest BCUT2D eigenvalue weighted by Gasteiger charge is -2.34. The van der Waals surface area contributed by atoms with Gasteiger partial charge in [0.25, 0.3) is 0 Å². The van der Waals surface area contributed by atoms with Gasteiger partial charge in [0.2, 0.25) is 5.91 Å². The maximum atomic E-state index is 11.8. The Balaban J connectivity index is 2.00. The Hall–Kier alpha value is -1.25. The molecule has 1 atom stereocenters. The largest absolute Gasteiger partial charge is 0.469 e. The Morgan fingerprint density at radius 3 is 3.20 bits per heavy atom. The molecule has 1 unspecified atom stereocenters. The van der Waals surface area contributed by atoms with E-state index in [1.54, 1.807) is 6.26 Å². The molecule has 3 rings (SSSR count). The molecule has 80 valence electrons. The topological polar surface area (TPSA) is 33.5 Å². The Morgan fingerprint density at radius 1 is 1.33 bits per heavy atom. The number of hydrogen-bond donors (Lipinski definition) is 0. The lowest BCUT2D eigenvalue weighted by atomic mass is 9.96. The monoisotopic (exact) mass is 205 g/mol. The molecule has 2 aliphatic rings. The summed E-state index contributed by atoms with van der Waals surface area (Å²) < 4.78 is 5.48. The fraction of sp³-hybridized carbons (Fsp3) is 0.583. The molecule has 1 aromatic rings. The molecule has 0 spiro atoms. The minimum atomic E-state index is 0.294. The van der Waals surface area contributed by atoms with Gasteiger partial charge in [-0.1, -0.05) is 0 Å². The Morgan fingerprint density at radius 2 is 2.27 bits per heavy atom. The Kier molecular flexibility index (Phi) is 2.04. The number of amides is 1. The zero-order valence-corrected chi connectivity index (χ0v) is 8.74. The van der Waals surface area contributed by atoms with Gasteiger partial charge in [-0.3, -0.25) is 4.79 Å². The van der Waals surface area contributed by atoms with Gasteiger partial charge in [-0.05, 0) is 25.3 Å².